The third-order valence-corrected chi connectivity index (χ3v) is 8.18. The molecule has 0 spiro atoms. The number of benzene rings is 1. The number of amides is 1. The molecule has 9 heteroatoms. The maximum atomic E-state index is 12.8. The molecule has 2 aromatic heterocycles. The van der Waals surface area contributed by atoms with Crippen LogP contribution in [0.4, 0.5) is 0 Å². The van der Waals surface area contributed by atoms with Gasteiger partial charge in [-0.15, -0.1) is 21.5 Å². The van der Waals surface area contributed by atoms with Crippen LogP contribution in [0.5, 0.6) is 0 Å². The topological polar surface area (TPSA) is 85.2 Å². The van der Waals surface area contributed by atoms with Crippen LogP contribution in [0, 0.1) is 0 Å². The van der Waals surface area contributed by atoms with Gasteiger partial charge in [0.15, 0.2) is 0 Å². The molecule has 3 aromatic rings. The van der Waals surface area contributed by atoms with Crippen LogP contribution in [0.25, 0.3) is 10.4 Å². The third-order valence-electron chi connectivity index (χ3n) is 5.03. The second kappa shape index (κ2) is 7.48. The number of sulfone groups is 1. The summed E-state index contributed by atoms with van der Waals surface area (Å²) < 4.78 is 26.9. The number of hydrogen-bond acceptors (Lipinski definition) is 6. The predicted molar refractivity (Wildman–Crippen MR) is 107 cm³/mol. The lowest BCUT2D eigenvalue weighted by molar-refractivity contribution is 0.0725. The molecule has 0 bridgehead atoms. The number of rotatable bonds is 4. The van der Waals surface area contributed by atoms with E-state index in [1.54, 1.807) is 23.3 Å². The first-order valence-electron chi connectivity index (χ1n) is 8.98. The molecule has 4 rings (SSSR count). The van der Waals surface area contributed by atoms with E-state index < -0.39 is 15.1 Å². The fourth-order valence-corrected chi connectivity index (χ4v) is 5.92. The largest absolute Gasteiger partial charge is 0.339 e. The summed E-state index contributed by atoms with van der Waals surface area (Å²) in [7, 11) is -1.92. The van der Waals surface area contributed by atoms with Crippen molar-refractivity contribution < 1.29 is 13.2 Å². The average Bonchev–Trinajstić information content (AvgIpc) is 3.40. The van der Waals surface area contributed by atoms with Crippen LogP contribution in [0.3, 0.4) is 0 Å². The number of piperidine rings is 1. The van der Waals surface area contributed by atoms with Gasteiger partial charge >= 0.3 is 0 Å². The van der Waals surface area contributed by atoms with Gasteiger partial charge in [-0.2, -0.15) is 0 Å². The molecule has 1 amide bonds. The van der Waals surface area contributed by atoms with Crippen molar-refractivity contribution >= 4 is 27.1 Å². The van der Waals surface area contributed by atoms with E-state index >= 15 is 0 Å². The van der Waals surface area contributed by atoms with Gasteiger partial charge in [-0.05, 0) is 42.0 Å². The summed E-state index contributed by atoms with van der Waals surface area (Å²) in [5.41, 5.74) is 1.70. The van der Waals surface area contributed by atoms with Crippen LogP contribution in [0.2, 0.25) is 0 Å². The normalized spacial score (nSPS) is 15.7. The Bertz CT molecular complexity index is 1060. The fourth-order valence-electron chi connectivity index (χ4n) is 3.45. The lowest BCUT2D eigenvalue weighted by atomic mass is 10.1. The molecule has 0 N–H and O–H groups in total. The number of aryl methyl sites for hydroxylation is 1. The third kappa shape index (κ3) is 3.47. The van der Waals surface area contributed by atoms with Crippen molar-refractivity contribution in [2.45, 2.75) is 23.2 Å². The number of hydrogen-bond donors (Lipinski definition) is 0. The summed E-state index contributed by atoms with van der Waals surface area (Å²) in [5, 5.41) is 8.87. The van der Waals surface area contributed by atoms with Gasteiger partial charge < -0.3 is 9.47 Å². The van der Waals surface area contributed by atoms with Crippen LogP contribution < -0.4 is 0 Å². The highest BCUT2D eigenvalue weighted by atomic mass is 32.2. The number of likely N-dealkylation sites (tertiary alicyclic amines) is 1. The molecule has 1 fully saturated rings. The Morgan fingerprint density at radius 2 is 1.86 bits per heavy atom. The van der Waals surface area contributed by atoms with E-state index in [1.165, 1.54) is 10.9 Å². The summed E-state index contributed by atoms with van der Waals surface area (Å²) in [6, 6.07) is 11.6. The Balaban J connectivity index is 1.42. The lowest BCUT2D eigenvalue weighted by Crippen LogP contribution is -2.42. The van der Waals surface area contributed by atoms with Gasteiger partial charge in [-0.3, -0.25) is 4.79 Å². The van der Waals surface area contributed by atoms with Crippen molar-refractivity contribution in [3.05, 3.63) is 53.7 Å². The van der Waals surface area contributed by atoms with E-state index in [0.29, 0.717) is 31.5 Å². The van der Waals surface area contributed by atoms with E-state index in [4.69, 9.17) is 0 Å². The van der Waals surface area contributed by atoms with E-state index in [-0.39, 0.29) is 11.1 Å². The average molecular weight is 417 g/mol. The van der Waals surface area contributed by atoms with Gasteiger partial charge in [0.2, 0.25) is 15.0 Å². The minimum Gasteiger partial charge on any atom is -0.339 e. The molecular weight excluding hydrogens is 396 g/mol. The second-order valence-corrected chi connectivity index (χ2v) is 9.89. The maximum Gasteiger partial charge on any atom is 0.253 e. The molecule has 0 saturated carbocycles. The molecule has 0 radical (unpaired) electrons. The number of carbonyl (C=O) groups excluding carboxylic acids is 1. The Kier molecular flexibility index (Phi) is 5.03. The number of nitrogens with zero attached hydrogens (tertiary/aromatic N) is 4. The monoisotopic (exact) mass is 416 g/mol. The Morgan fingerprint density at radius 1 is 1.14 bits per heavy atom. The van der Waals surface area contributed by atoms with E-state index in [2.05, 4.69) is 10.2 Å². The maximum absolute atomic E-state index is 12.8. The van der Waals surface area contributed by atoms with Crippen LogP contribution in [0.15, 0.2) is 53.3 Å². The molecule has 1 aliphatic rings. The standard InChI is InChI=1S/C19H20N4O3S2/c1-22-13-20-21-19(22)28(25,26)16-8-10-23(11-9-16)18(24)15-6-4-14(5-7-15)17-3-2-12-27-17/h2-7,12-13,16H,8-11H2,1H3. The van der Waals surface area contributed by atoms with Crippen molar-refractivity contribution in [3.8, 4) is 10.4 Å². The molecule has 1 aliphatic heterocycles. The summed E-state index contributed by atoms with van der Waals surface area (Å²) >= 11 is 1.66. The molecule has 1 saturated heterocycles. The summed E-state index contributed by atoms with van der Waals surface area (Å²) in [5.74, 6) is -0.0627. The van der Waals surface area contributed by atoms with Crippen LogP contribution in [-0.2, 0) is 16.9 Å². The molecule has 0 unspecified atom stereocenters. The molecule has 0 aliphatic carbocycles. The first kappa shape index (κ1) is 18.8. The molecular formula is C19H20N4O3S2. The zero-order valence-electron chi connectivity index (χ0n) is 15.4. The number of thiophene rings is 1. The van der Waals surface area contributed by atoms with Gasteiger partial charge in [0.05, 0.1) is 5.25 Å². The van der Waals surface area contributed by atoms with Crippen LogP contribution >= 0.6 is 11.3 Å². The predicted octanol–water partition coefficient (Wildman–Crippen LogP) is 2.62. The molecule has 1 aromatic carbocycles. The van der Waals surface area contributed by atoms with Gasteiger partial charge in [0, 0.05) is 30.6 Å². The molecule has 0 atom stereocenters. The van der Waals surface area contributed by atoms with Crippen molar-refractivity contribution in [1.29, 1.82) is 0 Å². The van der Waals surface area contributed by atoms with Crippen molar-refractivity contribution in [2.24, 2.45) is 7.05 Å². The van der Waals surface area contributed by atoms with Gasteiger partial charge in [-0.25, -0.2) is 8.42 Å². The number of carbonyl (C=O) groups is 1. The zero-order valence-corrected chi connectivity index (χ0v) is 17.0. The minimum atomic E-state index is -3.54. The highest BCUT2D eigenvalue weighted by Gasteiger charge is 2.35. The summed E-state index contributed by atoms with van der Waals surface area (Å²) in [4.78, 5) is 15.7. The SMILES string of the molecule is Cn1cnnc1S(=O)(=O)C1CCN(C(=O)c2ccc(-c3cccs3)cc2)CC1. The Labute approximate surface area is 167 Å². The highest BCUT2D eigenvalue weighted by molar-refractivity contribution is 7.91. The van der Waals surface area contributed by atoms with Crippen LogP contribution in [0.1, 0.15) is 23.2 Å². The number of aromatic nitrogens is 3. The Morgan fingerprint density at radius 3 is 2.43 bits per heavy atom. The van der Waals surface area contributed by atoms with Crippen LogP contribution in [-0.4, -0.2) is 52.3 Å². The lowest BCUT2D eigenvalue weighted by Gasteiger charge is -2.31. The molecule has 3 heterocycles. The van der Waals surface area contributed by atoms with Crippen molar-refractivity contribution in [3.63, 3.8) is 0 Å². The summed E-state index contributed by atoms with van der Waals surface area (Å²) in [6.45, 7) is 0.820. The second-order valence-electron chi connectivity index (χ2n) is 6.82. The first-order valence-corrected chi connectivity index (χ1v) is 11.4. The quantitative estimate of drug-likeness (QED) is 0.653. The van der Waals surface area contributed by atoms with Gasteiger partial charge in [0.25, 0.3) is 5.91 Å². The van der Waals surface area contributed by atoms with Gasteiger partial charge in [-0.1, -0.05) is 18.2 Å². The van der Waals surface area contributed by atoms with E-state index in [1.807, 2.05) is 41.8 Å². The molecule has 146 valence electrons. The zero-order chi connectivity index (χ0) is 19.7. The fraction of sp³-hybridized carbons (Fsp3) is 0.316. The van der Waals surface area contributed by atoms with Gasteiger partial charge in [0.1, 0.15) is 6.33 Å². The van der Waals surface area contributed by atoms with E-state index in [9.17, 15) is 13.2 Å². The summed E-state index contributed by atoms with van der Waals surface area (Å²) in [6.07, 6.45) is 2.17. The molecule has 7 nitrogen and oxygen atoms in total. The first-order chi connectivity index (χ1) is 13.5. The minimum absolute atomic E-state index is 0.0126. The highest BCUT2D eigenvalue weighted by Crippen LogP contribution is 2.26. The molecule has 28 heavy (non-hydrogen) atoms. The smallest absolute Gasteiger partial charge is 0.253 e. The van der Waals surface area contributed by atoms with Crippen molar-refractivity contribution in [1.82, 2.24) is 19.7 Å². The Hall–Kier alpha value is -2.52. The van der Waals surface area contributed by atoms with E-state index in [0.717, 1.165) is 10.4 Å². The van der Waals surface area contributed by atoms with Crippen molar-refractivity contribution in [2.75, 3.05) is 13.1 Å².